The first-order valence-corrected chi connectivity index (χ1v) is 7.91. The third-order valence-electron chi connectivity index (χ3n) is 3.45. The Morgan fingerprint density at radius 1 is 1.04 bits per heavy atom. The van der Waals surface area contributed by atoms with Gasteiger partial charge in [-0.1, -0.05) is 25.5 Å². The Kier molecular flexibility index (Phi) is 6.31. The molecule has 1 heterocycles. The topological polar surface area (TPSA) is 91.3 Å². The van der Waals surface area contributed by atoms with E-state index in [2.05, 4.69) is 22.5 Å². The Hall–Kier alpha value is -2.89. The van der Waals surface area contributed by atoms with Crippen molar-refractivity contribution in [2.45, 2.75) is 19.8 Å². The molecule has 0 bridgehead atoms. The van der Waals surface area contributed by atoms with E-state index in [0.717, 1.165) is 12.8 Å². The highest BCUT2D eigenvalue weighted by molar-refractivity contribution is 5.95. The number of nitrogens with zero attached hydrogens (tertiary/aromatic N) is 1. The largest absolute Gasteiger partial charge is 0.505 e. The zero-order valence-corrected chi connectivity index (χ0v) is 13.6. The molecule has 0 atom stereocenters. The van der Waals surface area contributed by atoms with Crippen molar-refractivity contribution >= 4 is 11.8 Å². The fourth-order valence-electron chi connectivity index (χ4n) is 2.22. The number of hydrogen-bond acceptors (Lipinski definition) is 4. The van der Waals surface area contributed by atoms with Gasteiger partial charge in [0.15, 0.2) is 5.69 Å². The van der Waals surface area contributed by atoms with Gasteiger partial charge >= 0.3 is 0 Å². The van der Waals surface area contributed by atoms with Crippen molar-refractivity contribution in [3.8, 4) is 5.75 Å². The Balaban J connectivity index is 1.76. The second-order valence-electron chi connectivity index (χ2n) is 5.33. The molecule has 0 radical (unpaired) electrons. The van der Waals surface area contributed by atoms with Crippen molar-refractivity contribution in [3.05, 3.63) is 59.4 Å². The molecular formula is C18H21N3O3. The molecule has 126 valence electrons. The molecule has 0 aliphatic carbocycles. The van der Waals surface area contributed by atoms with Crippen molar-refractivity contribution in [1.82, 2.24) is 15.6 Å². The van der Waals surface area contributed by atoms with E-state index in [9.17, 15) is 14.7 Å². The number of benzene rings is 1. The summed E-state index contributed by atoms with van der Waals surface area (Å²) in [5.41, 5.74) is 1.76. The van der Waals surface area contributed by atoms with Crippen molar-refractivity contribution in [2.75, 3.05) is 13.1 Å². The van der Waals surface area contributed by atoms with Gasteiger partial charge < -0.3 is 15.7 Å². The first-order valence-electron chi connectivity index (χ1n) is 7.91. The van der Waals surface area contributed by atoms with Crippen LogP contribution in [-0.4, -0.2) is 35.0 Å². The second-order valence-corrected chi connectivity index (χ2v) is 5.33. The molecule has 3 N–H and O–H groups in total. The van der Waals surface area contributed by atoms with Gasteiger partial charge in [0.1, 0.15) is 5.75 Å². The molecule has 24 heavy (non-hydrogen) atoms. The highest BCUT2D eigenvalue weighted by atomic mass is 16.3. The maximum Gasteiger partial charge on any atom is 0.273 e. The molecule has 2 amide bonds. The number of aryl methyl sites for hydroxylation is 1. The number of carbonyl (C=O) groups is 2. The zero-order chi connectivity index (χ0) is 17.4. The minimum Gasteiger partial charge on any atom is -0.505 e. The van der Waals surface area contributed by atoms with Crippen LogP contribution in [0.5, 0.6) is 5.75 Å². The smallest absolute Gasteiger partial charge is 0.273 e. The molecule has 0 aliphatic heterocycles. The van der Waals surface area contributed by atoms with Crippen LogP contribution >= 0.6 is 0 Å². The van der Waals surface area contributed by atoms with Gasteiger partial charge in [-0.15, -0.1) is 0 Å². The third kappa shape index (κ3) is 4.81. The van der Waals surface area contributed by atoms with Crippen LogP contribution in [0.15, 0.2) is 42.6 Å². The fourth-order valence-corrected chi connectivity index (χ4v) is 2.22. The van der Waals surface area contributed by atoms with Gasteiger partial charge in [0.2, 0.25) is 0 Å². The second kappa shape index (κ2) is 8.67. The fraction of sp³-hybridized carbons (Fsp3) is 0.278. The minimum atomic E-state index is -0.480. The molecule has 6 nitrogen and oxygen atoms in total. The van der Waals surface area contributed by atoms with Gasteiger partial charge in [0.05, 0.1) is 0 Å². The van der Waals surface area contributed by atoms with Gasteiger partial charge in [-0.25, -0.2) is 4.98 Å². The number of amides is 2. The van der Waals surface area contributed by atoms with Crippen LogP contribution in [0.4, 0.5) is 0 Å². The van der Waals surface area contributed by atoms with E-state index in [4.69, 9.17) is 0 Å². The van der Waals surface area contributed by atoms with Crippen LogP contribution in [0.3, 0.4) is 0 Å². The number of rotatable bonds is 7. The molecule has 6 heteroatoms. The van der Waals surface area contributed by atoms with Crippen LogP contribution in [-0.2, 0) is 6.42 Å². The van der Waals surface area contributed by atoms with Crippen molar-refractivity contribution < 1.29 is 14.7 Å². The van der Waals surface area contributed by atoms with E-state index in [-0.39, 0.29) is 30.4 Å². The Bertz CT molecular complexity index is 699. The Morgan fingerprint density at radius 2 is 1.71 bits per heavy atom. The summed E-state index contributed by atoms with van der Waals surface area (Å²) in [6.45, 7) is 2.64. The summed E-state index contributed by atoms with van der Waals surface area (Å²) in [6, 6.07) is 10.4. The van der Waals surface area contributed by atoms with E-state index in [1.807, 2.05) is 12.1 Å². The average Bonchev–Trinajstić information content (AvgIpc) is 2.59. The first-order chi connectivity index (χ1) is 11.6. The summed E-state index contributed by atoms with van der Waals surface area (Å²) in [5.74, 6) is -0.842. The summed E-state index contributed by atoms with van der Waals surface area (Å²) in [5, 5.41) is 14.9. The number of pyridine rings is 1. The average molecular weight is 327 g/mol. The number of carbonyl (C=O) groups excluding carboxylic acids is 2. The van der Waals surface area contributed by atoms with Gasteiger partial charge in [-0.2, -0.15) is 0 Å². The van der Waals surface area contributed by atoms with Crippen LogP contribution < -0.4 is 10.6 Å². The summed E-state index contributed by atoms with van der Waals surface area (Å²) >= 11 is 0. The molecule has 1 aromatic carbocycles. The maximum atomic E-state index is 12.0. The van der Waals surface area contributed by atoms with Crippen molar-refractivity contribution in [1.29, 1.82) is 0 Å². The number of aromatic hydroxyl groups is 1. The van der Waals surface area contributed by atoms with Crippen LogP contribution in [0.2, 0.25) is 0 Å². The lowest BCUT2D eigenvalue weighted by molar-refractivity contribution is 0.0923. The zero-order valence-electron chi connectivity index (χ0n) is 13.6. The van der Waals surface area contributed by atoms with E-state index in [1.165, 1.54) is 23.9 Å². The van der Waals surface area contributed by atoms with Crippen LogP contribution in [0.1, 0.15) is 39.8 Å². The molecule has 1 aromatic heterocycles. The summed E-state index contributed by atoms with van der Waals surface area (Å²) < 4.78 is 0. The molecular weight excluding hydrogens is 306 g/mol. The summed E-state index contributed by atoms with van der Waals surface area (Å²) in [6.07, 6.45) is 3.49. The van der Waals surface area contributed by atoms with Crippen LogP contribution in [0.25, 0.3) is 0 Å². The minimum absolute atomic E-state index is 0.0321. The highest BCUT2D eigenvalue weighted by Crippen LogP contribution is 2.11. The molecule has 0 spiro atoms. The lowest BCUT2D eigenvalue weighted by Gasteiger charge is -2.08. The maximum absolute atomic E-state index is 12.0. The normalized spacial score (nSPS) is 10.2. The van der Waals surface area contributed by atoms with Gasteiger partial charge in [-0.3, -0.25) is 9.59 Å². The van der Waals surface area contributed by atoms with E-state index >= 15 is 0 Å². The molecule has 0 aliphatic rings. The third-order valence-corrected chi connectivity index (χ3v) is 3.45. The molecule has 0 fully saturated rings. The van der Waals surface area contributed by atoms with E-state index < -0.39 is 5.91 Å². The number of aromatic nitrogens is 1. The summed E-state index contributed by atoms with van der Waals surface area (Å²) in [7, 11) is 0. The number of hydrogen-bond donors (Lipinski definition) is 3. The molecule has 0 saturated heterocycles. The van der Waals surface area contributed by atoms with Gasteiger partial charge in [-0.05, 0) is 36.2 Å². The van der Waals surface area contributed by atoms with E-state index in [1.54, 1.807) is 12.1 Å². The highest BCUT2D eigenvalue weighted by Gasteiger charge is 2.11. The van der Waals surface area contributed by atoms with Crippen molar-refractivity contribution in [3.63, 3.8) is 0 Å². The Morgan fingerprint density at radius 3 is 2.33 bits per heavy atom. The lowest BCUT2D eigenvalue weighted by Crippen LogP contribution is -2.35. The van der Waals surface area contributed by atoms with Crippen molar-refractivity contribution in [2.24, 2.45) is 0 Å². The lowest BCUT2D eigenvalue weighted by atomic mass is 10.1. The van der Waals surface area contributed by atoms with Gasteiger partial charge in [0, 0.05) is 24.8 Å². The molecule has 0 saturated carbocycles. The summed E-state index contributed by atoms with van der Waals surface area (Å²) in [4.78, 5) is 27.7. The monoisotopic (exact) mass is 327 g/mol. The van der Waals surface area contributed by atoms with Gasteiger partial charge in [0.25, 0.3) is 11.8 Å². The van der Waals surface area contributed by atoms with E-state index in [0.29, 0.717) is 5.56 Å². The quantitative estimate of drug-likeness (QED) is 0.677. The predicted molar refractivity (Wildman–Crippen MR) is 91.0 cm³/mol. The first kappa shape index (κ1) is 17.5. The molecule has 0 unspecified atom stereocenters. The number of nitrogens with one attached hydrogen (secondary N) is 2. The van der Waals surface area contributed by atoms with Crippen LogP contribution in [0, 0.1) is 0 Å². The molecule has 2 aromatic rings. The Labute approximate surface area is 140 Å². The predicted octanol–water partition coefficient (Wildman–Crippen LogP) is 1.90. The SMILES string of the molecule is CCCc1ccc(C(=O)NCCNC(=O)c2ncccc2O)cc1. The standard InChI is InChI=1S/C18H21N3O3/c1-2-4-13-6-8-14(9-7-13)17(23)20-11-12-21-18(24)16-15(22)5-3-10-19-16/h3,5-10,22H,2,4,11-12H2,1H3,(H,20,23)(H,21,24). The molecule has 2 rings (SSSR count).